The van der Waals surface area contributed by atoms with Crippen molar-refractivity contribution in [2.24, 2.45) is 0 Å². The van der Waals surface area contributed by atoms with E-state index in [1.54, 1.807) is 23.0 Å². The summed E-state index contributed by atoms with van der Waals surface area (Å²) in [7, 11) is -3.49. The number of rotatable bonds is 6. The number of hydrogen-bond donors (Lipinski definition) is 1. The second-order valence-electron chi connectivity index (χ2n) is 9.05. The fourth-order valence-corrected chi connectivity index (χ4v) is 4.85. The number of hydrogen-bond acceptors (Lipinski definition) is 9. The second-order valence-corrected chi connectivity index (χ2v) is 11.1. The van der Waals surface area contributed by atoms with Crippen LogP contribution in [-0.4, -0.2) is 52.5 Å². The van der Waals surface area contributed by atoms with Crippen LogP contribution in [0.5, 0.6) is 0 Å². The zero-order valence-electron chi connectivity index (χ0n) is 19.6. The monoisotopic (exact) mass is 499 g/mol. The number of benzene rings is 1. The third-order valence-corrected chi connectivity index (χ3v) is 7.31. The maximum Gasteiger partial charge on any atom is 0.324 e. The van der Waals surface area contributed by atoms with Crippen LogP contribution in [0.2, 0.25) is 0 Å². The summed E-state index contributed by atoms with van der Waals surface area (Å²) in [5.41, 5.74) is 2.27. The first-order valence-electron chi connectivity index (χ1n) is 11.4. The molecule has 1 saturated heterocycles. The average molecular weight is 500 g/mol. The molecule has 1 aliphatic rings. The van der Waals surface area contributed by atoms with Crippen molar-refractivity contribution in [3.63, 3.8) is 0 Å². The normalized spacial score (nSPS) is 15.3. The van der Waals surface area contributed by atoms with Gasteiger partial charge in [-0.2, -0.15) is 10.1 Å². The molecule has 0 spiro atoms. The number of nitrogens with zero attached hydrogens (tertiary/aromatic N) is 6. The molecule has 5 rings (SSSR count). The highest BCUT2D eigenvalue weighted by atomic mass is 32.2. The van der Waals surface area contributed by atoms with Gasteiger partial charge in [0, 0.05) is 31.2 Å². The molecule has 4 heterocycles. The minimum Gasteiger partial charge on any atom is -0.350 e. The molecule has 35 heavy (non-hydrogen) atoms. The van der Waals surface area contributed by atoms with Crippen molar-refractivity contribution in [2.45, 2.75) is 43.4 Å². The number of anilines is 3. The Morgan fingerprint density at radius 3 is 2.60 bits per heavy atom. The second kappa shape index (κ2) is 8.91. The van der Waals surface area contributed by atoms with E-state index in [4.69, 9.17) is 4.52 Å². The maximum absolute atomic E-state index is 14.6. The van der Waals surface area contributed by atoms with Gasteiger partial charge in [-0.3, -0.25) is 0 Å². The van der Waals surface area contributed by atoms with Crippen LogP contribution in [0.1, 0.15) is 50.0 Å². The molecule has 0 atom stereocenters. The molecule has 4 aromatic rings. The van der Waals surface area contributed by atoms with Crippen molar-refractivity contribution in [3.8, 4) is 0 Å². The zero-order chi connectivity index (χ0) is 24.7. The minimum absolute atomic E-state index is 0.0733. The van der Waals surface area contributed by atoms with Gasteiger partial charge in [-0.15, -0.1) is 0 Å². The van der Waals surface area contributed by atoms with Crippen LogP contribution in [0.25, 0.3) is 5.65 Å². The van der Waals surface area contributed by atoms with E-state index in [1.165, 1.54) is 12.1 Å². The Morgan fingerprint density at radius 1 is 1.17 bits per heavy atom. The molecule has 0 aliphatic carbocycles. The van der Waals surface area contributed by atoms with E-state index in [-0.39, 0.29) is 22.4 Å². The number of halogens is 1. The summed E-state index contributed by atoms with van der Waals surface area (Å²) in [6, 6.07) is 6.05. The first-order valence-corrected chi connectivity index (χ1v) is 13.3. The van der Waals surface area contributed by atoms with Gasteiger partial charge < -0.3 is 14.7 Å². The Kier molecular flexibility index (Phi) is 5.91. The Hall–Kier alpha value is -3.54. The molecule has 0 radical (unpaired) electrons. The maximum atomic E-state index is 14.6. The molecule has 0 bridgehead atoms. The first kappa shape index (κ1) is 23.2. The van der Waals surface area contributed by atoms with Crippen LogP contribution < -0.4 is 10.2 Å². The Labute approximate surface area is 202 Å². The van der Waals surface area contributed by atoms with Gasteiger partial charge in [0.15, 0.2) is 21.3 Å². The smallest absolute Gasteiger partial charge is 0.324 e. The highest BCUT2D eigenvalue weighted by Crippen LogP contribution is 2.32. The Morgan fingerprint density at radius 2 is 1.94 bits per heavy atom. The predicted octanol–water partition coefficient (Wildman–Crippen LogP) is 3.91. The lowest BCUT2D eigenvalue weighted by Gasteiger charge is -2.30. The van der Waals surface area contributed by atoms with Crippen LogP contribution in [0, 0.1) is 5.82 Å². The summed E-state index contributed by atoms with van der Waals surface area (Å²) < 4.78 is 45.2. The summed E-state index contributed by atoms with van der Waals surface area (Å²) >= 11 is 0. The van der Waals surface area contributed by atoms with Gasteiger partial charge in [-0.1, -0.05) is 19.0 Å². The largest absolute Gasteiger partial charge is 0.350 e. The van der Waals surface area contributed by atoms with Crippen LogP contribution >= 0.6 is 0 Å². The van der Waals surface area contributed by atoms with Gasteiger partial charge >= 0.3 is 6.01 Å². The highest BCUT2D eigenvalue weighted by molar-refractivity contribution is 7.90. The molecule has 10 nitrogen and oxygen atoms in total. The van der Waals surface area contributed by atoms with E-state index in [0.29, 0.717) is 23.2 Å². The fourth-order valence-electron chi connectivity index (χ4n) is 4.22. The number of sulfone groups is 1. The number of piperidine rings is 1. The zero-order valence-corrected chi connectivity index (χ0v) is 20.5. The Bertz CT molecular complexity index is 1470. The molecule has 184 valence electrons. The van der Waals surface area contributed by atoms with E-state index in [0.717, 1.165) is 43.9 Å². The molecular formula is C23H26FN7O3S. The van der Waals surface area contributed by atoms with E-state index in [1.807, 2.05) is 13.8 Å². The number of imidazole rings is 1. The molecule has 3 aromatic heterocycles. The van der Waals surface area contributed by atoms with E-state index in [9.17, 15) is 12.8 Å². The SMILES string of the molecule is CC(C)c1noc(N2CCC(c3cnc4c(Nc5ccc(S(C)(=O)=O)cc5F)ccnn34)CC2)n1. The van der Waals surface area contributed by atoms with Crippen LogP contribution in [0.4, 0.5) is 21.8 Å². The van der Waals surface area contributed by atoms with Crippen molar-refractivity contribution in [1.29, 1.82) is 0 Å². The number of fused-ring (bicyclic) bond motifs is 1. The van der Waals surface area contributed by atoms with Crippen molar-refractivity contribution in [2.75, 3.05) is 29.6 Å². The lowest BCUT2D eigenvalue weighted by atomic mass is 9.94. The molecule has 1 fully saturated rings. The summed E-state index contributed by atoms with van der Waals surface area (Å²) in [5.74, 6) is 0.490. The molecular weight excluding hydrogens is 473 g/mol. The van der Waals surface area contributed by atoms with Gasteiger partial charge in [0.05, 0.1) is 34.4 Å². The van der Waals surface area contributed by atoms with Gasteiger partial charge in [-0.25, -0.2) is 22.3 Å². The van der Waals surface area contributed by atoms with Gasteiger partial charge in [0.1, 0.15) is 5.82 Å². The van der Waals surface area contributed by atoms with Gasteiger partial charge in [-0.05, 0) is 37.1 Å². The van der Waals surface area contributed by atoms with Crippen LogP contribution in [-0.2, 0) is 9.84 Å². The van der Waals surface area contributed by atoms with Crippen molar-refractivity contribution in [3.05, 3.63) is 54.0 Å². The molecule has 1 N–H and O–H groups in total. The molecule has 0 saturated carbocycles. The quantitative estimate of drug-likeness (QED) is 0.421. The van der Waals surface area contributed by atoms with Crippen molar-refractivity contribution in [1.82, 2.24) is 24.7 Å². The molecule has 1 aromatic carbocycles. The molecule has 12 heteroatoms. The van der Waals surface area contributed by atoms with Crippen molar-refractivity contribution < 1.29 is 17.3 Å². The first-order chi connectivity index (χ1) is 16.7. The average Bonchev–Trinajstić information content (AvgIpc) is 3.48. The van der Waals surface area contributed by atoms with E-state index < -0.39 is 15.7 Å². The third kappa shape index (κ3) is 4.57. The predicted molar refractivity (Wildman–Crippen MR) is 128 cm³/mol. The number of nitrogens with one attached hydrogen (secondary N) is 1. The summed E-state index contributed by atoms with van der Waals surface area (Å²) in [6.45, 7) is 5.60. The minimum atomic E-state index is -3.49. The lowest BCUT2D eigenvalue weighted by Crippen LogP contribution is -2.33. The van der Waals surface area contributed by atoms with Crippen LogP contribution in [0.15, 0.2) is 46.1 Å². The van der Waals surface area contributed by atoms with E-state index in [2.05, 4.69) is 30.4 Å². The van der Waals surface area contributed by atoms with Gasteiger partial charge in [0.2, 0.25) is 0 Å². The van der Waals surface area contributed by atoms with E-state index >= 15 is 0 Å². The molecule has 1 aliphatic heterocycles. The number of aromatic nitrogens is 5. The van der Waals surface area contributed by atoms with Crippen molar-refractivity contribution >= 4 is 32.9 Å². The lowest BCUT2D eigenvalue weighted by molar-refractivity contribution is 0.385. The molecule has 0 unspecified atom stereocenters. The van der Waals surface area contributed by atoms with Crippen LogP contribution in [0.3, 0.4) is 0 Å². The summed E-state index contributed by atoms with van der Waals surface area (Å²) in [4.78, 5) is 11.1. The van der Waals surface area contributed by atoms with Gasteiger partial charge in [0.25, 0.3) is 0 Å². The summed E-state index contributed by atoms with van der Waals surface area (Å²) in [6.07, 6.45) is 6.22. The highest BCUT2D eigenvalue weighted by Gasteiger charge is 2.27. The third-order valence-electron chi connectivity index (χ3n) is 6.20. The Balaban J connectivity index is 1.34. The summed E-state index contributed by atoms with van der Waals surface area (Å²) in [5, 5.41) is 11.5. The topological polar surface area (TPSA) is 119 Å². The standard InChI is InChI=1S/C23H26FN7O3S/c1-14(2)21-28-23(34-29-21)30-10-7-15(8-11-30)20-13-25-22-19(6-9-26-31(20)22)27-18-5-4-16(12-17(18)24)35(3,32)33/h4-6,9,12-15,27H,7-8,10-11H2,1-3H3. The molecule has 0 amide bonds. The fraction of sp³-hybridized carbons (Fsp3) is 0.391.